The van der Waals surface area contributed by atoms with E-state index in [0.717, 1.165) is 33.1 Å². The maximum absolute atomic E-state index is 5.92. The molecule has 0 amide bonds. The molecule has 0 saturated carbocycles. The summed E-state index contributed by atoms with van der Waals surface area (Å²) in [5, 5.41) is 16.7. The van der Waals surface area contributed by atoms with Crippen LogP contribution in [0.3, 0.4) is 0 Å². The third-order valence-electron chi connectivity index (χ3n) is 3.29. The van der Waals surface area contributed by atoms with Gasteiger partial charge in [0.2, 0.25) is 5.16 Å². The Morgan fingerprint density at radius 3 is 2.67 bits per heavy atom. The summed E-state index contributed by atoms with van der Waals surface area (Å²) >= 11 is 9.21. The lowest BCUT2D eigenvalue weighted by molar-refractivity contribution is 0.321. The molecule has 8 heteroatoms. The monoisotopic (exact) mass is 379 g/mol. The molecule has 2 aromatic heterocycles. The quantitative estimate of drug-likeness (QED) is 0.614. The van der Waals surface area contributed by atoms with Crippen LogP contribution in [-0.2, 0) is 17.7 Å². The third kappa shape index (κ3) is 4.34. The van der Waals surface area contributed by atoms with Gasteiger partial charge in [0.25, 0.3) is 0 Å². The molecule has 0 spiro atoms. The maximum atomic E-state index is 5.92. The molecule has 3 rings (SSSR count). The highest BCUT2D eigenvalue weighted by Gasteiger charge is 2.20. The van der Waals surface area contributed by atoms with Crippen molar-refractivity contribution in [1.82, 2.24) is 25.2 Å². The minimum Gasteiger partial charge on any atom is -0.245 e. The second kappa shape index (κ2) is 7.21. The number of tetrazole rings is 1. The largest absolute Gasteiger partial charge is 0.245 e. The number of hydrogen-bond donors (Lipinski definition) is 0. The number of aromatic nitrogens is 5. The van der Waals surface area contributed by atoms with Crippen LogP contribution in [0, 0.1) is 0 Å². The van der Waals surface area contributed by atoms with Gasteiger partial charge in [-0.2, -0.15) is 0 Å². The summed E-state index contributed by atoms with van der Waals surface area (Å²) in [6.07, 6.45) is 0.826. The van der Waals surface area contributed by atoms with Gasteiger partial charge in [-0.25, -0.2) is 9.67 Å². The molecule has 126 valence electrons. The Balaban J connectivity index is 1.62. The molecule has 0 N–H and O–H groups in total. The molecular weight excluding hydrogens is 362 g/mol. The van der Waals surface area contributed by atoms with Gasteiger partial charge in [0, 0.05) is 22.6 Å². The van der Waals surface area contributed by atoms with Gasteiger partial charge in [0.15, 0.2) is 0 Å². The van der Waals surface area contributed by atoms with Gasteiger partial charge < -0.3 is 0 Å². The highest BCUT2D eigenvalue weighted by Crippen LogP contribution is 2.26. The van der Waals surface area contributed by atoms with E-state index in [1.165, 1.54) is 5.56 Å². The fraction of sp³-hybridized carbons (Fsp3) is 0.375. The zero-order valence-corrected chi connectivity index (χ0v) is 16.1. The van der Waals surface area contributed by atoms with Crippen LogP contribution in [0.1, 0.15) is 37.0 Å². The second-order valence-electron chi connectivity index (χ2n) is 6.37. The van der Waals surface area contributed by atoms with Gasteiger partial charge in [-0.05, 0) is 48.9 Å². The summed E-state index contributed by atoms with van der Waals surface area (Å²) in [6, 6.07) is 7.90. The molecule has 0 aliphatic rings. The highest BCUT2D eigenvalue weighted by atomic mass is 35.5. The second-order valence-corrected chi connectivity index (χ2v) is 8.69. The summed E-state index contributed by atoms with van der Waals surface area (Å²) in [5.41, 5.74) is 2.13. The van der Waals surface area contributed by atoms with E-state index in [9.17, 15) is 0 Å². The number of benzene rings is 1. The average molecular weight is 380 g/mol. The Hall–Kier alpha value is -1.44. The Morgan fingerprint density at radius 2 is 1.96 bits per heavy atom. The number of thioether (sulfide) groups is 1. The first-order chi connectivity index (χ1) is 11.4. The molecule has 0 atom stereocenters. The third-order valence-corrected chi connectivity index (χ3v) is 5.40. The van der Waals surface area contributed by atoms with Crippen molar-refractivity contribution in [3.05, 3.63) is 50.9 Å². The molecule has 5 nitrogen and oxygen atoms in total. The van der Waals surface area contributed by atoms with Crippen molar-refractivity contribution in [2.75, 3.05) is 0 Å². The molecule has 2 heterocycles. The van der Waals surface area contributed by atoms with E-state index in [-0.39, 0.29) is 5.54 Å². The molecule has 0 fully saturated rings. The van der Waals surface area contributed by atoms with Crippen molar-refractivity contribution in [3.63, 3.8) is 0 Å². The van der Waals surface area contributed by atoms with Crippen molar-refractivity contribution in [3.8, 4) is 0 Å². The summed E-state index contributed by atoms with van der Waals surface area (Å²) in [4.78, 5) is 4.71. The van der Waals surface area contributed by atoms with Crippen molar-refractivity contribution in [2.24, 2.45) is 0 Å². The first-order valence-electron chi connectivity index (χ1n) is 7.51. The van der Waals surface area contributed by atoms with Gasteiger partial charge in [0.1, 0.15) is 0 Å². The normalized spacial score (nSPS) is 11.8. The van der Waals surface area contributed by atoms with Crippen LogP contribution in [0.25, 0.3) is 0 Å². The minimum absolute atomic E-state index is 0.131. The van der Waals surface area contributed by atoms with Crippen molar-refractivity contribution in [1.29, 1.82) is 0 Å². The molecule has 0 aliphatic heterocycles. The molecule has 0 saturated heterocycles. The summed E-state index contributed by atoms with van der Waals surface area (Å²) in [5.74, 6) is 0.758. The van der Waals surface area contributed by atoms with Crippen molar-refractivity contribution >= 4 is 34.7 Å². The summed E-state index contributed by atoms with van der Waals surface area (Å²) < 4.78 is 1.85. The van der Waals surface area contributed by atoms with Crippen LogP contribution in [0.4, 0.5) is 0 Å². The SMILES string of the molecule is CC(C)(C)n1nnnc1SCc1csc(Cc2ccc(Cl)cc2)n1. The zero-order chi connectivity index (χ0) is 17.2. The fourth-order valence-corrected chi connectivity index (χ4v) is 4.11. The molecule has 0 bridgehead atoms. The molecule has 24 heavy (non-hydrogen) atoms. The molecule has 0 unspecified atom stereocenters. The maximum Gasteiger partial charge on any atom is 0.210 e. The van der Waals surface area contributed by atoms with E-state index < -0.39 is 0 Å². The van der Waals surface area contributed by atoms with Gasteiger partial charge in [-0.15, -0.1) is 16.4 Å². The predicted octanol–water partition coefficient (Wildman–Crippen LogP) is 4.42. The summed E-state index contributed by atoms with van der Waals surface area (Å²) in [7, 11) is 0. The molecule has 1 aromatic carbocycles. The van der Waals surface area contributed by atoms with Gasteiger partial charge in [-0.3, -0.25) is 0 Å². The van der Waals surface area contributed by atoms with Crippen LogP contribution < -0.4 is 0 Å². The summed E-state index contributed by atoms with van der Waals surface area (Å²) in [6.45, 7) is 6.25. The standard InChI is InChI=1S/C16H18ClN5S2/c1-16(2,3)22-15(19-20-21-22)24-10-13-9-23-14(18-13)8-11-4-6-12(17)7-5-11/h4-7,9H,8,10H2,1-3H3. The van der Waals surface area contributed by atoms with Crippen LogP contribution in [0.2, 0.25) is 5.02 Å². The molecule has 0 aliphatic carbocycles. The molecule has 0 radical (unpaired) electrons. The molecular formula is C16H18ClN5S2. The van der Waals surface area contributed by atoms with Gasteiger partial charge in [0.05, 0.1) is 16.2 Å². The molecule has 3 aromatic rings. The predicted molar refractivity (Wildman–Crippen MR) is 98.7 cm³/mol. The lowest BCUT2D eigenvalue weighted by Gasteiger charge is -2.19. The minimum atomic E-state index is -0.131. The number of nitrogens with zero attached hydrogens (tertiary/aromatic N) is 5. The van der Waals surface area contributed by atoms with Crippen molar-refractivity contribution < 1.29 is 0 Å². The smallest absolute Gasteiger partial charge is 0.210 e. The lowest BCUT2D eigenvalue weighted by atomic mass is 10.1. The number of rotatable bonds is 5. The zero-order valence-electron chi connectivity index (χ0n) is 13.7. The van der Waals surface area contributed by atoms with Crippen LogP contribution in [-0.4, -0.2) is 25.2 Å². The van der Waals surface area contributed by atoms with E-state index in [1.54, 1.807) is 23.1 Å². The van der Waals surface area contributed by atoms with E-state index in [0.29, 0.717) is 0 Å². The van der Waals surface area contributed by atoms with Crippen LogP contribution in [0.5, 0.6) is 0 Å². The van der Waals surface area contributed by atoms with Crippen LogP contribution >= 0.6 is 34.7 Å². The van der Waals surface area contributed by atoms with Crippen molar-refractivity contribution in [2.45, 2.75) is 43.6 Å². The Bertz CT molecular complexity index is 804. The van der Waals surface area contributed by atoms with Crippen LogP contribution in [0.15, 0.2) is 34.8 Å². The van der Waals surface area contributed by atoms with E-state index in [2.05, 4.69) is 41.7 Å². The topological polar surface area (TPSA) is 56.5 Å². The van der Waals surface area contributed by atoms with E-state index in [1.807, 2.05) is 28.9 Å². The Kier molecular flexibility index (Phi) is 5.22. The first-order valence-corrected chi connectivity index (χ1v) is 9.75. The highest BCUT2D eigenvalue weighted by molar-refractivity contribution is 7.98. The lowest BCUT2D eigenvalue weighted by Crippen LogP contribution is -2.24. The van der Waals surface area contributed by atoms with E-state index in [4.69, 9.17) is 16.6 Å². The number of halogens is 1. The number of hydrogen-bond acceptors (Lipinski definition) is 6. The van der Waals surface area contributed by atoms with Gasteiger partial charge in [-0.1, -0.05) is 35.5 Å². The Labute approximate surface area is 154 Å². The van der Waals surface area contributed by atoms with E-state index >= 15 is 0 Å². The Morgan fingerprint density at radius 1 is 1.21 bits per heavy atom. The van der Waals surface area contributed by atoms with Gasteiger partial charge >= 0.3 is 0 Å². The first kappa shape index (κ1) is 17.4. The fourth-order valence-electron chi connectivity index (χ4n) is 2.10. The number of thiazole rings is 1. The average Bonchev–Trinajstić information content (AvgIpc) is 3.16.